The fraction of sp³-hybridized carbons (Fsp3) is 0.438. The molecule has 2 aromatic heterocycles. The number of aromatic nitrogens is 3. The van der Waals surface area contributed by atoms with Crippen LogP contribution in [0, 0.1) is 6.92 Å². The van der Waals surface area contributed by atoms with Crippen LogP contribution in [0.2, 0.25) is 0 Å². The molecule has 0 saturated heterocycles. The molecule has 1 aliphatic rings. The molecular formula is C16H20N4S. The third-order valence-electron chi connectivity index (χ3n) is 3.47. The Morgan fingerprint density at radius 2 is 2.00 bits per heavy atom. The second-order valence-corrected chi connectivity index (χ2v) is 6.41. The number of nitrogens with zero attached hydrogens (tertiary/aromatic N) is 3. The van der Waals surface area contributed by atoms with Gasteiger partial charge in [0.25, 0.3) is 0 Å². The molecule has 0 amide bonds. The third kappa shape index (κ3) is 3.53. The number of hydrogen-bond donors (Lipinski definition) is 1. The fourth-order valence-electron chi connectivity index (χ4n) is 2.07. The van der Waals surface area contributed by atoms with Crippen molar-refractivity contribution in [3.63, 3.8) is 0 Å². The molecule has 21 heavy (non-hydrogen) atoms. The quantitative estimate of drug-likeness (QED) is 0.816. The molecule has 0 aliphatic heterocycles. The average molecular weight is 300 g/mol. The van der Waals surface area contributed by atoms with Gasteiger partial charge in [0.15, 0.2) is 0 Å². The van der Waals surface area contributed by atoms with E-state index in [0.717, 1.165) is 40.1 Å². The van der Waals surface area contributed by atoms with Gasteiger partial charge in [0.1, 0.15) is 16.7 Å². The summed E-state index contributed by atoms with van der Waals surface area (Å²) in [5.74, 6) is 2.55. The summed E-state index contributed by atoms with van der Waals surface area (Å²) in [5.41, 5.74) is 1.13. The van der Waals surface area contributed by atoms with E-state index < -0.39 is 0 Å². The second-order valence-electron chi connectivity index (χ2n) is 5.35. The summed E-state index contributed by atoms with van der Waals surface area (Å²) in [6.45, 7) is 5.21. The van der Waals surface area contributed by atoms with Crippen LogP contribution in [-0.2, 0) is 0 Å². The summed E-state index contributed by atoms with van der Waals surface area (Å²) < 4.78 is 0. The van der Waals surface area contributed by atoms with Crippen molar-refractivity contribution in [1.29, 1.82) is 0 Å². The first-order valence-electron chi connectivity index (χ1n) is 7.48. The van der Waals surface area contributed by atoms with Crippen molar-refractivity contribution in [2.45, 2.75) is 48.9 Å². The van der Waals surface area contributed by atoms with E-state index in [0.29, 0.717) is 5.92 Å². The lowest BCUT2D eigenvalue weighted by Gasteiger charge is -2.13. The maximum atomic E-state index is 4.79. The Bertz CT molecular complexity index is 611. The second kappa shape index (κ2) is 6.43. The smallest absolute Gasteiger partial charge is 0.135 e. The summed E-state index contributed by atoms with van der Waals surface area (Å²) in [6, 6.07) is 4.03. The number of pyridine rings is 1. The standard InChI is InChI=1S/C16H20N4S/c1-3-8-18-14-11(2)16(20-15(19-14)12-4-5-12)21-13-6-9-17-10-7-13/h6-7,9-10,12H,3-5,8H2,1-2H3,(H,18,19,20). The summed E-state index contributed by atoms with van der Waals surface area (Å²) in [4.78, 5) is 14.7. The molecule has 2 aromatic rings. The average Bonchev–Trinajstić information content (AvgIpc) is 3.34. The molecule has 5 heteroatoms. The van der Waals surface area contributed by atoms with Crippen molar-refractivity contribution in [3.8, 4) is 0 Å². The fourth-order valence-corrected chi connectivity index (χ4v) is 2.94. The molecular weight excluding hydrogens is 280 g/mol. The molecule has 1 aliphatic carbocycles. The molecule has 0 aromatic carbocycles. The Hall–Kier alpha value is -1.62. The monoisotopic (exact) mass is 300 g/mol. The van der Waals surface area contributed by atoms with Crippen LogP contribution >= 0.6 is 11.8 Å². The molecule has 0 bridgehead atoms. The topological polar surface area (TPSA) is 50.7 Å². The van der Waals surface area contributed by atoms with Gasteiger partial charge in [-0.2, -0.15) is 0 Å². The van der Waals surface area contributed by atoms with E-state index in [9.17, 15) is 0 Å². The van der Waals surface area contributed by atoms with Crippen molar-refractivity contribution >= 4 is 17.6 Å². The number of rotatable bonds is 6. The molecule has 1 fully saturated rings. The Morgan fingerprint density at radius 1 is 1.24 bits per heavy atom. The van der Waals surface area contributed by atoms with E-state index in [1.807, 2.05) is 24.5 Å². The number of anilines is 1. The minimum Gasteiger partial charge on any atom is -0.370 e. The molecule has 0 radical (unpaired) electrons. The molecule has 0 spiro atoms. The maximum Gasteiger partial charge on any atom is 0.135 e. The van der Waals surface area contributed by atoms with Gasteiger partial charge in [-0.3, -0.25) is 4.98 Å². The van der Waals surface area contributed by atoms with Crippen molar-refractivity contribution in [1.82, 2.24) is 15.0 Å². The summed E-state index contributed by atoms with van der Waals surface area (Å²) in [5, 5.41) is 4.49. The SMILES string of the molecule is CCCNc1nc(C2CC2)nc(Sc2ccncc2)c1C. The first kappa shape index (κ1) is 14.3. The Balaban J connectivity index is 1.91. The first-order chi connectivity index (χ1) is 10.3. The van der Waals surface area contributed by atoms with Crippen molar-refractivity contribution in [2.75, 3.05) is 11.9 Å². The van der Waals surface area contributed by atoms with Gasteiger partial charge >= 0.3 is 0 Å². The zero-order valence-corrected chi connectivity index (χ0v) is 13.3. The maximum absolute atomic E-state index is 4.79. The lowest BCUT2D eigenvalue weighted by Crippen LogP contribution is -2.08. The number of hydrogen-bond acceptors (Lipinski definition) is 5. The van der Waals surface area contributed by atoms with Gasteiger partial charge < -0.3 is 5.32 Å². The van der Waals surface area contributed by atoms with Gasteiger partial charge in [-0.15, -0.1) is 0 Å². The van der Waals surface area contributed by atoms with Gasteiger partial charge in [0.2, 0.25) is 0 Å². The van der Waals surface area contributed by atoms with Crippen LogP contribution in [0.15, 0.2) is 34.4 Å². The summed E-state index contributed by atoms with van der Waals surface area (Å²) in [7, 11) is 0. The van der Waals surface area contributed by atoms with Gasteiger partial charge in [-0.1, -0.05) is 18.7 Å². The normalized spacial score (nSPS) is 14.2. The van der Waals surface area contributed by atoms with Crippen molar-refractivity contribution in [3.05, 3.63) is 35.9 Å². The van der Waals surface area contributed by atoms with E-state index in [2.05, 4.69) is 24.1 Å². The Kier molecular flexibility index (Phi) is 4.39. The van der Waals surface area contributed by atoms with E-state index >= 15 is 0 Å². The molecule has 4 nitrogen and oxygen atoms in total. The predicted molar refractivity (Wildman–Crippen MR) is 85.9 cm³/mol. The Morgan fingerprint density at radius 3 is 2.67 bits per heavy atom. The van der Waals surface area contributed by atoms with Gasteiger partial charge in [-0.05, 0) is 38.3 Å². The van der Waals surface area contributed by atoms with Gasteiger partial charge in [-0.25, -0.2) is 9.97 Å². The third-order valence-corrected chi connectivity index (χ3v) is 4.57. The molecule has 1 N–H and O–H groups in total. The highest BCUT2D eigenvalue weighted by Crippen LogP contribution is 2.40. The van der Waals surface area contributed by atoms with Crippen LogP contribution in [0.4, 0.5) is 5.82 Å². The molecule has 2 heterocycles. The van der Waals surface area contributed by atoms with Crippen LogP contribution in [0.25, 0.3) is 0 Å². The van der Waals surface area contributed by atoms with Crippen LogP contribution in [0.1, 0.15) is 43.5 Å². The molecule has 1 saturated carbocycles. The van der Waals surface area contributed by atoms with Crippen LogP contribution < -0.4 is 5.32 Å². The molecule has 0 atom stereocenters. The van der Waals surface area contributed by atoms with E-state index in [1.165, 1.54) is 12.8 Å². The minimum absolute atomic E-state index is 0.560. The van der Waals surface area contributed by atoms with E-state index in [1.54, 1.807) is 11.8 Å². The summed E-state index contributed by atoms with van der Waals surface area (Å²) in [6.07, 6.45) is 7.16. The number of nitrogens with one attached hydrogen (secondary N) is 1. The van der Waals surface area contributed by atoms with Crippen LogP contribution in [0.3, 0.4) is 0 Å². The Labute approximate surface area is 129 Å². The lowest BCUT2D eigenvalue weighted by molar-refractivity contribution is 0.853. The van der Waals surface area contributed by atoms with Crippen molar-refractivity contribution in [2.24, 2.45) is 0 Å². The zero-order valence-electron chi connectivity index (χ0n) is 12.5. The molecule has 0 unspecified atom stereocenters. The predicted octanol–water partition coefficient (Wildman–Crippen LogP) is 4.03. The molecule has 110 valence electrons. The van der Waals surface area contributed by atoms with Crippen molar-refractivity contribution < 1.29 is 0 Å². The lowest BCUT2D eigenvalue weighted by atomic mass is 10.3. The van der Waals surface area contributed by atoms with Crippen LogP contribution in [-0.4, -0.2) is 21.5 Å². The molecule has 3 rings (SSSR count). The van der Waals surface area contributed by atoms with E-state index in [4.69, 9.17) is 9.97 Å². The van der Waals surface area contributed by atoms with E-state index in [-0.39, 0.29) is 0 Å². The highest BCUT2D eigenvalue weighted by Gasteiger charge is 2.28. The minimum atomic E-state index is 0.560. The highest BCUT2D eigenvalue weighted by molar-refractivity contribution is 7.99. The largest absolute Gasteiger partial charge is 0.370 e. The van der Waals surface area contributed by atoms with Gasteiger partial charge in [0.05, 0.1) is 0 Å². The van der Waals surface area contributed by atoms with Gasteiger partial charge in [0, 0.05) is 35.3 Å². The highest BCUT2D eigenvalue weighted by atomic mass is 32.2. The first-order valence-corrected chi connectivity index (χ1v) is 8.30. The summed E-state index contributed by atoms with van der Waals surface area (Å²) >= 11 is 1.69. The van der Waals surface area contributed by atoms with Crippen LogP contribution in [0.5, 0.6) is 0 Å². The zero-order chi connectivity index (χ0) is 14.7.